The minimum absolute atomic E-state index is 0.465. The van der Waals surface area contributed by atoms with Crippen LogP contribution in [0.25, 0.3) is 0 Å². The smallest absolute Gasteiger partial charge is 0.127 e. The summed E-state index contributed by atoms with van der Waals surface area (Å²) in [5.41, 5.74) is 3.66. The van der Waals surface area contributed by atoms with Gasteiger partial charge in [-0.3, -0.25) is 4.68 Å². The number of fused-ring (bicyclic) bond motifs is 1. The van der Waals surface area contributed by atoms with E-state index in [-0.39, 0.29) is 0 Å². The Morgan fingerprint density at radius 2 is 2.29 bits per heavy atom. The van der Waals surface area contributed by atoms with Crippen molar-refractivity contribution in [1.82, 2.24) is 15.1 Å². The van der Waals surface area contributed by atoms with Gasteiger partial charge < -0.3 is 10.1 Å². The molecule has 0 aliphatic carbocycles. The summed E-state index contributed by atoms with van der Waals surface area (Å²) in [6, 6.07) is 6.81. The number of aromatic nitrogens is 2. The first-order chi connectivity index (χ1) is 10.1. The lowest BCUT2D eigenvalue weighted by atomic mass is 10.1. The standard InChI is InChI=1S/C16H20BrN3O/c1-11(2)18-9-15-3-5-19-20(15)10-13-8-14(17)7-12-4-6-21-16(12)13/h3,5,7-8,11,18H,4,6,9-10H2,1-2H3. The predicted molar refractivity (Wildman–Crippen MR) is 86.6 cm³/mol. The van der Waals surface area contributed by atoms with E-state index < -0.39 is 0 Å². The zero-order valence-electron chi connectivity index (χ0n) is 12.4. The van der Waals surface area contributed by atoms with Gasteiger partial charge in [-0.15, -0.1) is 0 Å². The second-order valence-electron chi connectivity index (χ2n) is 5.67. The molecular weight excluding hydrogens is 330 g/mol. The van der Waals surface area contributed by atoms with E-state index in [0.29, 0.717) is 6.04 Å². The molecule has 1 aromatic carbocycles. The molecule has 1 aromatic heterocycles. The summed E-state index contributed by atoms with van der Waals surface area (Å²) in [7, 11) is 0. The molecule has 2 aromatic rings. The Hall–Kier alpha value is -1.33. The van der Waals surface area contributed by atoms with Gasteiger partial charge in [-0.05, 0) is 23.8 Å². The molecule has 0 fully saturated rings. The summed E-state index contributed by atoms with van der Waals surface area (Å²) in [4.78, 5) is 0. The van der Waals surface area contributed by atoms with Crippen molar-refractivity contribution in [3.63, 3.8) is 0 Å². The second kappa shape index (κ2) is 6.20. The SMILES string of the molecule is CC(C)NCc1ccnn1Cc1cc(Br)cc2c1OCC2. The van der Waals surface area contributed by atoms with Crippen LogP contribution in [0.15, 0.2) is 28.9 Å². The minimum atomic E-state index is 0.465. The number of rotatable bonds is 5. The van der Waals surface area contributed by atoms with Crippen LogP contribution >= 0.6 is 15.9 Å². The molecule has 0 saturated heterocycles. The van der Waals surface area contributed by atoms with Crippen LogP contribution in [0, 0.1) is 0 Å². The molecule has 0 bridgehead atoms. The van der Waals surface area contributed by atoms with Crippen LogP contribution in [0.4, 0.5) is 0 Å². The number of nitrogens with zero attached hydrogens (tertiary/aromatic N) is 2. The molecule has 0 spiro atoms. The Morgan fingerprint density at radius 3 is 3.10 bits per heavy atom. The van der Waals surface area contributed by atoms with Crippen molar-refractivity contribution in [3.05, 3.63) is 45.7 Å². The van der Waals surface area contributed by atoms with Gasteiger partial charge in [-0.2, -0.15) is 5.10 Å². The highest BCUT2D eigenvalue weighted by atomic mass is 79.9. The van der Waals surface area contributed by atoms with Crippen molar-refractivity contribution in [2.24, 2.45) is 0 Å². The fraction of sp³-hybridized carbons (Fsp3) is 0.438. The summed E-state index contributed by atoms with van der Waals surface area (Å²) in [6.45, 7) is 6.64. The molecule has 1 aliphatic rings. The Bertz CT molecular complexity index is 636. The molecule has 1 aliphatic heterocycles. The predicted octanol–water partition coefficient (Wildman–Crippen LogP) is 3.13. The van der Waals surface area contributed by atoms with E-state index in [0.717, 1.165) is 36.3 Å². The second-order valence-corrected chi connectivity index (χ2v) is 6.58. The van der Waals surface area contributed by atoms with E-state index in [9.17, 15) is 0 Å². The first-order valence-electron chi connectivity index (χ1n) is 7.31. The van der Waals surface area contributed by atoms with E-state index >= 15 is 0 Å². The van der Waals surface area contributed by atoms with Crippen LogP contribution in [-0.2, 0) is 19.5 Å². The van der Waals surface area contributed by atoms with Gasteiger partial charge in [0.15, 0.2) is 0 Å². The maximum Gasteiger partial charge on any atom is 0.127 e. The molecule has 0 saturated carbocycles. The van der Waals surface area contributed by atoms with Crippen molar-refractivity contribution in [1.29, 1.82) is 0 Å². The maximum absolute atomic E-state index is 5.79. The van der Waals surface area contributed by atoms with Gasteiger partial charge in [0.1, 0.15) is 5.75 Å². The van der Waals surface area contributed by atoms with Gasteiger partial charge >= 0.3 is 0 Å². The Kier molecular flexibility index (Phi) is 4.31. The third kappa shape index (κ3) is 3.30. The largest absolute Gasteiger partial charge is 0.493 e. The zero-order valence-corrected chi connectivity index (χ0v) is 14.0. The first-order valence-corrected chi connectivity index (χ1v) is 8.11. The minimum Gasteiger partial charge on any atom is -0.493 e. The van der Waals surface area contributed by atoms with Gasteiger partial charge in [0.2, 0.25) is 0 Å². The Morgan fingerprint density at radius 1 is 1.43 bits per heavy atom. The molecule has 2 heterocycles. The molecule has 21 heavy (non-hydrogen) atoms. The lowest BCUT2D eigenvalue weighted by Crippen LogP contribution is -2.23. The highest BCUT2D eigenvalue weighted by Gasteiger charge is 2.18. The van der Waals surface area contributed by atoms with E-state index in [1.54, 1.807) is 0 Å². The summed E-state index contributed by atoms with van der Waals surface area (Å²) >= 11 is 3.59. The molecule has 0 amide bonds. The van der Waals surface area contributed by atoms with Crippen molar-refractivity contribution in [2.45, 2.75) is 39.4 Å². The first kappa shape index (κ1) is 14.6. The third-order valence-electron chi connectivity index (χ3n) is 3.64. The number of halogens is 1. The summed E-state index contributed by atoms with van der Waals surface area (Å²) < 4.78 is 8.94. The number of hydrogen-bond donors (Lipinski definition) is 1. The van der Waals surface area contributed by atoms with Gasteiger partial charge in [0, 0.05) is 35.2 Å². The van der Waals surface area contributed by atoms with Crippen molar-refractivity contribution < 1.29 is 4.74 Å². The highest BCUT2D eigenvalue weighted by molar-refractivity contribution is 9.10. The average molecular weight is 350 g/mol. The monoisotopic (exact) mass is 349 g/mol. The highest BCUT2D eigenvalue weighted by Crippen LogP contribution is 2.33. The van der Waals surface area contributed by atoms with E-state index in [2.05, 4.69) is 58.4 Å². The molecule has 4 nitrogen and oxygen atoms in total. The van der Waals surface area contributed by atoms with E-state index in [1.807, 2.05) is 10.9 Å². The fourth-order valence-electron chi connectivity index (χ4n) is 2.59. The Labute approximate surface area is 133 Å². The van der Waals surface area contributed by atoms with Crippen molar-refractivity contribution in [2.75, 3.05) is 6.61 Å². The molecule has 5 heteroatoms. The normalized spacial score (nSPS) is 13.5. The number of benzene rings is 1. The number of ether oxygens (including phenoxy) is 1. The van der Waals surface area contributed by atoms with Gasteiger partial charge in [0.25, 0.3) is 0 Å². The van der Waals surface area contributed by atoms with Crippen LogP contribution in [0.1, 0.15) is 30.7 Å². The molecule has 3 rings (SSSR count). The molecule has 112 valence electrons. The average Bonchev–Trinajstić information content (AvgIpc) is 3.05. The molecular formula is C16H20BrN3O. The molecule has 0 unspecified atom stereocenters. The Balaban J connectivity index is 1.83. The van der Waals surface area contributed by atoms with Crippen LogP contribution < -0.4 is 10.1 Å². The lowest BCUT2D eigenvalue weighted by Gasteiger charge is -2.13. The number of hydrogen-bond acceptors (Lipinski definition) is 3. The summed E-state index contributed by atoms with van der Waals surface area (Å²) in [5.74, 6) is 1.04. The fourth-order valence-corrected chi connectivity index (χ4v) is 3.14. The lowest BCUT2D eigenvalue weighted by molar-refractivity contribution is 0.352. The van der Waals surface area contributed by atoms with Crippen LogP contribution in [0.3, 0.4) is 0 Å². The van der Waals surface area contributed by atoms with E-state index in [4.69, 9.17) is 4.74 Å². The van der Waals surface area contributed by atoms with Crippen LogP contribution in [0.2, 0.25) is 0 Å². The van der Waals surface area contributed by atoms with Gasteiger partial charge in [-0.1, -0.05) is 29.8 Å². The third-order valence-corrected chi connectivity index (χ3v) is 4.10. The van der Waals surface area contributed by atoms with E-state index in [1.165, 1.54) is 16.8 Å². The zero-order chi connectivity index (χ0) is 14.8. The van der Waals surface area contributed by atoms with Crippen molar-refractivity contribution in [3.8, 4) is 5.75 Å². The van der Waals surface area contributed by atoms with Gasteiger partial charge in [0.05, 0.1) is 18.8 Å². The maximum atomic E-state index is 5.79. The van der Waals surface area contributed by atoms with Crippen LogP contribution in [0.5, 0.6) is 5.75 Å². The molecule has 1 N–H and O–H groups in total. The van der Waals surface area contributed by atoms with Gasteiger partial charge in [-0.25, -0.2) is 0 Å². The summed E-state index contributed by atoms with van der Waals surface area (Å²) in [5, 5.41) is 7.89. The summed E-state index contributed by atoms with van der Waals surface area (Å²) in [6.07, 6.45) is 2.85. The molecule has 0 atom stereocenters. The quantitative estimate of drug-likeness (QED) is 0.901. The number of nitrogens with one attached hydrogen (secondary N) is 1. The van der Waals surface area contributed by atoms with Crippen molar-refractivity contribution >= 4 is 15.9 Å². The van der Waals surface area contributed by atoms with Crippen LogP contribution in [-0.4, -0.2) is 22.4 Å². The molecule has 0 radical (unpaired) electrons. The topological polar surface area (TPSA) is 39.1 Å².